The summed E-state index contributed by atoms with van der Waals surface area (Å²) >= 11 is 0. The van der Waals surface area contributed by atoms with E-state index in [1.54, 1.807) is 6.92 Å². The highest BCUT2D eigenvalue weighted by atomic mass is 32.2. The molecule has 1 saturated heterocycles. The Labute approximate surface area is 140 Å². The molecule has 10 heteroatoms. The van der Waals surface area contributed by atoms with Crippen molar-refractivity contribution in [3.8, 4) is 0 Å². The quantitative estimate of drug-likeness (QED) is 0.706. The maximum Gasteiger partial charge on any atom is 0.315 e. The second-order valence-corrected chi connectivity index (χ2v) is 8.36. The molecule has 9 nitrogen and oxygen atoms in total. The van der Waals surface area contributed by atoms with Crippen LogP contribution >= 0.6 is 0 Å². The molecular formula is C14H22N4O5S. The fourth-order valence-corrected chi connectivity index (χ4v) is 4.24. The molecule has 2 heterocycles. The maximum absolute atomic E-state index is 12.5. The van der Waals surface area contributed by atoms with Crippen LogP contribution in [0.5, 0.6) is 0 Å². The van der Waals surface area contributed by atoms with Crippen molar-refractivity contribution in [2.45, 2.75) is 19.4 Å². The van der Waals surface area contributed by atoms with Crippen LogP contribution in [-0.4, -0.2) is 79.9 Å². The molecule has 1 aromatic heterocycles. The summed E-state index contributed by atoms with van der Waals surface area (Å²) in [5.41, 5.74) is 0. The van der Waals surface area contributed by atoms with Gasteiger partial charge in [0.1, 0.15) is 5.76 Å². The third-order valence-corrected chi connectivity index (χ3v) is 5.51. The van der Waals surface area contributed by atoms with E-state index in [-0.39, 0.29) is 23.9 Å². The van der Waals surface area contributed by atoms with Crippen molar-refractivity contribution in [1.29, 1.82) is 0 Å². The van der Waals surface area contributed by atoms with E-state index >= 15 is 0 Å². The zero-order valence-electron chi connectivity index (χ0n) is 14.0. The molecule has 2 amide bonds. The van der Waals surface area contributed by atoms with Crippen LogP contribution in [0.4, 0.5) is 5.82 Å². The Morgan fingerprint density at radius 3 is 2.58 bits per heavy atom. The van der Waals surface area contributed by atoms with Gasteiger partial charge in [0.2, 0.25) is 0 Å². The van der Waals surface area contributed by atoms with Gasteiger partial charge in [0.25, 0.3) is 0 Å². The van der Waals surface area contributed by atoms with E-state index in [4.69, 9.17) is 4.52 Å². The van der Waals surface area contributed by atoms with Gasteiger partial charge in [0.15, 0.2) is 15.7 Å². The Balaban J connectivity index is 2.09. The number of sulfone groups is 1. The topological polar surface area (TPSA) is 113 Å². The lowest BCUT2D eigenvalue weighted by atomic mass is 10.2. The van der Waals surface area contributed by atoms with Gasteiger partial charge in [-0.15, -0.1) is 0 Å². The number of aromatic nitrogens is 1. The number of anilines is 1. The Morgan fingerprint density at radius 1 is 1.38 bits per heavy atom. The molecule has 1 aliphatic rings. The van der Waals surface area contributed by atoms with Gasteiger partial charge in [-0.05, 0) is 27.4 Å². The van der Waals surface area contributed by atoms with Crippen molar-refractivity contribution in [2.24, 2.45) is 0 Å². The average Bonchev–Trinajstić information content (AvgIpc) is 3.04. The fraction of sp³-hybridized carbons (Fsp3) is 0.643. The Morgan fingerprint density at radius 2 is 2.08 bits per heavy atom. The number of aryl methyl sites for hydroxylation is 1. The molecule has 1 aliphatic heterocycles. The Kier molecular flexibility index (Phi) is 5.60. The van der Waals surface area contributed by atoms with E-state index in [1.807, 2.05) is 19.0 Å². The van der Waals surface area contributed by atoms with Crippen LogP contribution < -0.4 is 5.32 Å². The van der Waals surface area contributed by atoms with Crippen LogP contribution in [0.2, 0.25) is 0 Å². The van der Waals surface area contributed by atoms with Crippen molar-refractivity contribution in [3.63, 3.8) is 0 Å². The lowest BCUT2D eigenvalue weighted by molar-refractivity contribution is -0.144. The number of hydrogen-bond donors (Lipinski definition) is 1. The second-order valence-electron chi connectivity index (χ2n) is 6.14. The Bertz CT molecular complexity index is 713. The van der Waals surface area contributed by atoms with E-state index in [1.165, 1.54) is 11.0 Å². The zero-order valence-corrected chi connectivity index (χ0v) is 14.8. The van der Waals surface area contributed by atoms with Crippen LogP contribution in [0.15, 0.2) is 10.6 Å². The minimum absolute atomic E-state index is 0.0352. The molecule has 1 N–H and O–H groups in total. The normalized spacial score (nSPS) is 19.4. The van der Waals surface area contributed by atoms with Gasteiger partial charge in [-0.3, -0.25) is 14.9 Å². The highest BCUT2D eigenvalue weighted by Gasteiger charge is 2.36. The van der Waals surface area contributed by atoms with Gasteiger partial charge in [-0.2, -0.15) is 0 Å². The summed E-state index contributed by atoms with van der Waals surface area (Å²) in [6.07, 6.45) is 0.345. The lowest BCUT2D eigenvalue weighted by Gasteiger charge is -2.28. The molecule has 1 fully saturated rings. The highest BCUT2D eigenvalue weighted by Crippen LogP contribution is 2.18. The van der Waals surface area contributed by atoms with Crippen molar-refractivity contribution >= 4 is 27.5 Å². The molecule has 0 radical (unpaired) electrons. The van der Waals surface area contributed by atoms with Gasteiger partial charge < -0.3 is 14.3 Å². The summed E-state index contributed by atoms with van der Waals surface area (Å²) in [7, 11) is 0.519. The third-order valence-electron chi connectivity index (χ3n) is 3.76. The van der Waals surface area contributed by atoms with Gasteiger partial charge in [-0.1, -0.05) is 5.16 Å². The molecule has 2 rings (SSSR count). The summed E-state index contributed by atoms with van der Waals surface area (Å²) in [6, 6.07) is 1.02. The average molecular weight is 358 g/mol. The highest BCUT2D eigenvalue weighted by molar-refractivity contribution is 7.91. The summed E-state index contributed by atoms with van der Waals surface area (Å²) < 4.78 is 28.2. The van der Waals surface area contributed by atoms with Crippen LogP contribution in [0.1, 0.15) is 12.2 Å². The molecule has 24 heavy (non-hydrogen) atoms. The maximum atomic E-state index is 12.5. The lowest BCUT2D eigenvalue weighted by Crippen LogP contribution is -2.48. The first-order valence-electron chi connectivity index (χ1n) is 7.58. The predicted octanol–water partition coefficient (Wildman–Crippen LogP) is -0.501. The fourth-order valence-electron chi connectivity index (χ4n) is 2.50. The molecule has 0 aromatic carbocycles. The summed E-state index contributed by atoms with van der Waals surface area (Å²) in [5, 5.41) is 5.99. The smallest absolute Gasteiger partial charge is 0.315 e. The van der Waals surface area contributed by atoms with Crippen LogP contribution in [-0.2, 0) is 19.4 Å². The van der Waals surface area contributed by atoms with Gasteiger partial charge in [0.05, 0.1) is 11.5 Å². The Hall–Kier alpha value is -1.94. The van der Waals surface area contributed by atoms with Crippen molar-refractivity contribution in [1.82, 2.24) is 15.0 Å². The minimum atomic E-state index is -3.16. The molecule has 1 aromatic rings. The van der Waals surface area contributed by atoms with E-state index in [9.17, 15) is 18.0 Å². The summed E-state index contributed by atoms with van der Waals surface area (Å²) in [4.78, 5) is 27.9. The number of rotatable bonds is 5. The third kappa shape index (κ3) is 4.78. The molecule has 0 saturated carbocycles. The first kappa shape index (κ1) is 18.4. The standard InChI is InChI=1S/C14H22N4O5S/c1-10-8-12(16-23-10)15-13(19)14(20)18(6-5-17(2)3)11-4-7-24(21,22)9-11/h8,11H,4-7,9H2,1-3H3,(H,15,16,19). The second kappa shape index (κ2) is 7.31. The molecule has 134 valence electrons. The first-order valence-corrected chi connectivity index (χ1v) is 9.40. The number of carbonyl (C=O) groups excluding carboxylic acids is 2. The van der Waals surface area contributed by atoms with E-state index in [2.05, 4.69) is 10.5 Å². The molecule has 1 unspecified atom stereocenters. The SMILES string of the molecule is Cc1cc(NC(=O)C(=O)N(CCN(C)C)C2CCS(=O)(=O)C2)no1. The van der Waals surface area contributed by atoms with E-state index in [0.29, 0.717) is 18.7 Å². The van der Waals surface area contributed by atoms with Gasteiger partial charge >= 0.3 is 11.8 Å². The molecule has 1 atom stereocenters. The number of hydrogen-bond acceptors (Lipinski definition) is 7. The summed E-state index contributed by atoms with van der Waals surface area (Å²) in [5.74, 6) is -1.04. The molecule has 0 bridgehead atoms. The van der Waals surface area contributed by atoms with Crippen molar-refractivity contribution in [2.75, 3.05) is 44.0 Å². The number of nitrogens with one attached hydrogen (secondary N) is 1. The number of nitrogens with zero attached hydrogens (tertiary/aromatic N) is 3. The summed E-state index contributed by atoms with van der Waals surface area (Å²) in [6.45, 7) is 2.47. The predicted molar refractivity (Wildman–Crippen MR) is 87.2 cm³/mol. The number of carbonyl (C=O) groups is 2. The molecular weight excluding hydrogens is 336 g/mol. The van der Waals surface area contributed by atoms with Crippen molar-refractivity contribution < 1.29 is 22.5 Å². The van der Waals surface area contributed by atoms with Crippen LogP contribution in [0.25, 0.3) is 0 Å². The molecule has 0 aliphatic carbocycles. The van der Waals surface area contributed by atoms with E-state index < -0.39 is 27.7 Å². The monoisotopic (exact) mass is 358 g/mol. The number of amides is 2. The van der Waals surface area contributed by atoms with Gasteiger partial charge in [0, 0.05) is 25.2 Å². The number of likely N-dealkylation sites (N-methyl/N-ethyl adjacent to an activating group) is 1. The van der Waals surface area contributed by atoms with Gasteiger partial charge in [-0.25, -0.2) is 8.42 Å². The zero-order chi connectivity index (χ0) is 17.9. The van der Waals surface area contributed by atoms with Crippen LogP contribution in [0, 0.1) is 6.92 Å². The largest absolute Gasteiger partial charge is 0.360 e. The van der Waals surface area contributed by atoms with Crippen molar-refractivity contribution in [3.05, 3.63) is 11.8 Å². The van der Waals surface area contributed by atoms with Crippen LogP contribution in [0.3, 0.4) is 0 Å². The minimum Gasteiger partial charge on any atom is -0.360 e. The first-order chi connectivity index (χ1) is 11.2. The van der Waals surface area contributed by atoms with E-state index in [0.717, 1.165) is 0 Å². The molecule has 0 spiro atoms.